The second-order valence-electron chi connectivity index (χ2n) is 7.32. The summed E-state index contributed by atoms with van der Waals surface area (Å²) in [4.78, 5) is 31.4. The molecule has 0 atom stereocenters. The van der Waals surface area contributed by atoms with Crippen molar-refractivity contribution in [2.75, 3.05) is 31.1 Å². The number of aromatic nitrogens is 3. The number of carbonyl (C=O) groups excluding carboxylic acids is 1. The van der Waals surface area contributed by atoms with Gasteiger partial charge in [-0.15, -0.1) is 11.3 Å². The first-order chi connectivity index (χ1) is 13.0. The minimum Gasteiger partial charge on any atom is -0.372 e. The van der Waals surface area contributed by atoms with Crippen LogP contribution in [0.15, 0.2) is 18.6 Å². The lowest BCUT2D eigenvalue weighted by Crippen LogP contribution is -2.47. The average Bonchev–Trinajstić information content (AvgIpc) is 2.91. The zero-order valence-electron chi connectivity index (χ0n) is 15.8. The van der Waals surface area contributed by atoms with Gasteiger partial charge in [-0.1, -0.05) is 0 Å². The number of hydrogen-bond donors (Lipinski definition) is 0. The SMILES string of the molecule is Cc1nc(CN2CCOC3(CCN(c4cnccn4)CC3)CC2=O)sc1C. The van der Waals surface area contributed by atoms with Gasteiger partial charge in [0.15, 0.2) is 0 Å². The van der Waals surface area contributed by atoms with E-state index in [4.69, 9.17) is 4.74 Å². The van der Waals surface area contributed by atoms with Gasteiger partial charge < -0.3 is 14.5 Å². The fraction of sp³-hybridized carbons (Fsp3) is 0.579. The fourth-order valence-electron chi connectivity index (χ4n) is 3.79. The summed E-state index contributed by atoms with van der Waals surface area (Å²) in [5.74, 6) is 1.06. The van der Waals surface area contributed by atoms with Crippen LogP contribution in [0.25, 0.3) is 0 Å². The Hall–Kier alpha value is -2.06. The van der Waals surface area contributed by atoms with Gasteiger partial charge in [-0.25, -0.2) is 9.97 Å². The van der Waals surface area contributed by atoms with Crippen molar-refractivity contribution in [3.05, 3.63) is 34.2 Å². The Balaban J connectivity index is 1.39. The van der Waals surface area contributed by atoms with Gasteiger partial charge in [-0.2, -0.15) is 0 Å². The number of piperidine rings is 1. The van der Waals surface area contributed by atoms with Crippen molar-refractivity contribution in [1.82, 2.24) is 19.9 Å². The Morgan fingerprint density at radius 1 is 1.22 bits per heavy atom. The second-order valence-corrected chi connectivity index (χ2v) is 8.61. The molecule has 0 saturated carbocycles. The van der Waals surface area contributed by atoms with Gasteiger partial charge in [0.1, 0.15) is 10.8 Å². The molecule has 2 fully saturated rings. The lowest BCUT2D eigenvalue weighted by molar-refractivity contribution is -0.134. The van der Waals surface area contributed by atoms with E-state index in [0.717, 1.165) is 42.5 Å². The van der Waals surface area contributed by atoms with Gasteiger partial charge in [0.05, 0.1) is 37.1 Å². The Kier molecular flexibility index (Phi) is 5.10. The van der Waals surface area contributed by atoms with Crippen molar-refractivity contribution in [3.8, 4) is 0 Å². The summed E-state index contributed by atoms with van der Waals surface area (Å²) in [6.07, 6.45) is 7.30. The van der Waals surface area contributed by atoms with Crippen LogP contribution < -0.4 is 4.90 Å². The van der Waals surface area contributed by atoms with Crippen LogP contribution in [-0.2, 0) is 16.1 Å². The third-order valence-electron chi connectivity index (χ3n) is 5.54. The predicted octanol–water partition coefficient (Wildman–Crippen LogP) is 2.34. The largest absolute Gasteiger partial charge is 0.372 e. The third kappa shape index (κ3) is 3.96. The topological polar surface area (TPSA) is 71.5 Å². The van der Waals surface area contributed by atoms with Crippen molar-refractivity contribution in [2.24, 2.45) is 0 Å². The summed E-state index contributed by atoms with van der Waals surface area (Å²) in [5.41, 5.74) is 0.709. The number of thiazole rings is 1. The van der Waals surface area contributed by atoms with Crippen LogP contribution in [0.3, 0.4) is 0 Å². The van der Waals surface area contributed by atoms with E-state index in [0.29, 0.717) is 26.1 Å². The number of aryl methyl sites for hydroxylation is 2. The maximum atomic E-state index is 12.9. The molecule has 0 aliphatic carbocycles. The van der Waals surface area contributed by atoms with Crippen LogP contribution in [0, 0.1) is 13.8 Å². The average molecular weight is 388 g/mol. The Bertz CT molecular complexity index is 782. The Labute approximate surface area is 163 Å². The van der Waals surface area contributed by atoms with Crippen LogP contribution >= 0.6 is 11.3 Å². The molecule has 27 heavy (non-hydrogen) atoms. The van der Waals surface area contributed by atoms with Crippen LogP contribution in [-0.4, -0.2) is 57.6 Å². The molecule has 1 amide bonds. The summed E-state index contributed by atoms with van der Waals surface area (Å²) < 4.78 is 6.24. The van der Waals surface area contributed by atoms with E-state index in [2.05, 4.69) is 26.8 Å². The number of rotatable bonds is 3. The molecule has 4 heterocycles. The number of nitrogens with zero attached hydrogens (tertiary/aromatic N) is 5. The Morgan fingerprint density at radius 2 is 2.04 bits per heavy atom. The quantitative estimate of drug-likeness (QED) is 0.805. The first-order valence-corrected chi connectivity index (χ1v) is 10.2. The van der Waals surface area contributed by atoms with E-state index in [1.54, 1.807) is 29.9 Å². The highest BCUT2D eigenvalue weighted by molar-refractivity contribution is 7.11. The van der Waals surface area contributed by atoms with E-state index < -0.39 is 0 Å². The molecule has 2 aromatic heterocycles. The maximum Gasteiger partial charge on any atom is 0.225 e. The van der Waals surface area contributed by atoms with E-state index in [1.807, 2.05) is 11.8 Å². The van der Waals surface area contributed by atoms with E-state index in [1.165, 1.54) is 4.88 Å². The van der Waals surface area contributed by atoms with Crippen LogP contribution in [0.5, 0.6) is 0 Å². The van der Waals surface area contributed by atoms with E-state index in [-0.39, 0.29) is 11.5 Å². The first-order valence-electron chi connectivity index (χ1n) is 9.40. The molecular formula is C19H25N5O2S. The number of carbonyl (C=O) groups is 1. The highest BCUT2D eigenvalue weighted by atomic mass is 32.1. The van der Waals surface area contributed by atoms with Gasteiger partial charge in [-0.05, 0) is 26.7 Å². The molecule has 0 bridgehead atoms. The molecule has 1 spiro atoms. The second kappa shape index (κ2) is 7.52. The maximum absolute atomic E-state index is 12.9. The molecule has 0 unspecified atom stereocenters. The molecule has 144 valence electrons. The number of ether oxygens (including phenoxy) is 1. The van der Waals surface area contributed by atoms with E-state index in [9.17, 15) is 4.79 Å². The third-order valence-corrected chi connectivity index (χ3v) is 6.60. The van der Waals surface area contributed by atoms with Crippen molar-refractivity contribution in [3.63, 3.8) is 0 Å². The smallest absolute Gasteiger partial charge is 0.225 e. The molecule has 7 nitrogen and oxygen atoms in total. The molecule has 2 aliphatic heterocycles. The summed E-state index contributed by atoms with van der Waals surface area (Å²) in [7, 11) is 0. The van der Waals surface area contributed by atoms with E-state index >= 15 is 0 Å². The summed E-state index contributed by atoms with van der Waals surface area (Å²) in [6.45, 7) is 7.55. The lowest BCUT2D eigenvalue weighted by atomic mass is 9.87. The standard InChI is InChI=1S/C19H25N5O2S/c1-14-15(2)27-17(22-14)13-24-9-10-26-19(11-18(24)25)3-7-23(8-4-19)16-12-20-5-6-21-16/h5-6,12H,3-4,7-11,13H2,1-2H3. The minimum atomic E-state index is -0.348. The molecular weight excluding hydrogens is 362 g/mol. The summed E-state index contributed by atoms with van der Waals surface area (Å²) >= 11 is 1.68. The Morgan fingerprint density at radius 3 is 2.70 bits per heavy atom. The zero-order valence-corrected chi connectivity index (χ0v) is 16.7. The highest BCUT2D eigenvalue weighted by Gasteiger charge is 2.41. The number of anilines is 1. The summed E-state index contributed by atoms with van der Waals surface area (Å²) in [6, 6.07) is 0. The van der Waals surface area contributed by atoms with Crippen molar-refractivity contribution in [1.29, 1.82) is 0 Å². The summed E-state index contributed by atoms with van der Waals surface area (Å²) in [5, 5.41) is 1.01. The predicted molar refractivity (Wildman–Crippen MR) is 104 cm³/mol. The van der Waals surface area contributed by atoms with Gasteiger partial charge in [0, 0.05) is 36.9 Å². The van der Waals surface area contributed by atoms with Crippen LogP contribution in [0.1, 0.15) is 34.8 Å². The van der Waals surface area contributed by atoms with Crippen molar-refractivity contribution in [2.45, 2.75) is 45.3 Å². The van der Waals surface area contributed by atoms with Crippen LogP contribution in [0.4, 0.5) is 5.82 Å². The monoisotopic (exact) mass is 387 g/mol. The molecule has 2 saturated heterocycles. The molecule has 0 radical (unpaired) electrons. The zero-order chi connectivity index (χ0) is 18.9. The molecule has 4 rings (SSSR count). The molecule has 2 aliphatic rings. The number of hydrogen-bond acceptors (Lipinski definition) is 7. The van der Waals surface area contributed by atoms with Gasteiger partial charge in [-0.3, -0.25) is 9.78 Å². The molecule has 8 heteroatoms. The first kappa shape index (κ1) is 18.3. The normalized spacial score (nSPS) is 20.1. The molecule has 0 N–H and O–H groups in total. The van der Waals surface area contributed by atoms with Crippen molar-refractivity contribution >= 4 is 23.1 Å². The van der Waals surface area contributed by atoms with Gasteiger partial charge >= 0.3 is 0 Å². The van der Waals surface area contributed by atoms with Gasteiger partial charge in [0.2, 0.25) is 5.91 Å². The fourth-order valence-corrected chi connectivity index (χ4v) is 4.74. The minimum absolute atomic E-state index is 0.172. The van der Waals surface area contributed by atoms with Crippen molar-refractivity contribution < 1.29 is 9.53 Å². The lowest BCUT2D eigenvalue weighted by Gasteiger charge is -2.40. The van der Waals surface area contributed by atoms with Gasteiger partial charge in [0.25, 0.3) is 0 Å². The number of amides is 1. The molecule has 0 aromatic carbocycles. The van der Waals surface area contributed by atoms with Crippen LogP contribution in [0.2, 0.25) is 0 Å². The molecule has 2 aromatic rings. The highest BCUT2D eigenvalue weighted by Crippen LogP contribution is 2.34.